The van der Waals surface area contributed by atoms with Crippen LogP contribution in [-0.4, -0.2) is 19.9 Å². The summed E-state index contributed by atoms with van der Waals surface area (Å²) in [6.45, 7) is 26.0. The largest absolute Gasteiger partial charge is 0.486 e. The van der Waals surface area contributed by atoms with Crippen molar-refractivity contribution in [2.45, 2.75) is 87.0 Å². The van der Waals surface area contributed by atoms with Crippen LogP contribution in [0.2, 0.25) is 0 Å². The summed E-state index contributed by atoms with van der Waals surface area (Å²) in [6, 6.07) is 27.2. The van der Waals surface area contributed by atoms with E-state index in [0.717, 1.165) is 39.7 Å². The second-order valence-electron chi connectivity index (χ2n) is 17.6. The normalized spacial score (nSPS) is 14.7. The standard InChI is InChI=1S/C47H49BN2O3/c1-26-18-36-42-37(19-26)50(44-29(4)22-32(23-30(44)5)47(9,10)11)45-41(33-14-12-13-15-38(33)53-45)48(42)34-24-39-40(52-17-16-51-39)25-35(34)49(36)43-27(2)20-31(21-28(43)3)46(6,7)8/h12-15,18-25H,16-17H2,1-11H3. The summed E-state index contributed by atoms with van der Waals surface area (Å²) in [6.07, 6.45) is 0. The monoisotopic (exact) mass is 700 g/mol. The molecule has 0 fully saturated rings. The molecule has 5 nitrogen and oxygen atoms in total. The van der Waals surface area contributed by atoms with E-state index in [-0.39, 0.29) is 17.5 Å². The molecule has 0 aliphatic carbocycles. The molecule has 4 heterocycles. The zero-order valence-electron chi connectivity index (χ0n) is 33.0. The molecule has 0 N–H and O–H groups in total. The second kappa shape index (κ2) is 11.5. The Labute approximate surface area is 314 Å². The summed E-state index contributed by atoms with van der Waals surface area (Å²) in [4.78, 5) is 4.94. The Hall–Kier alpha value is -5.10. The first-order chi connectivity index (χ1) is 25.1. The summed E-state index contributed by atoms with van der Waals surface area (Å²) < 4.78 is 19.7. The van der Waals surface area contributed by atoms with E-state index in [2.05, 4.69) is 159 Å². The van der Waals surface area contributed by atoms with E-state index in [0.29, 0.717) is 13.2 Å². The predicted molar refractivity (Wildman–Crippen MR) is 222 cm³/mol. The van der Waals surface area contributed by atoms with E-state index in [1.807, 2.05) is 0 Å². The van der Waals surface area contributed by atoms with Crippen LogP contribution in [0.4, 0.5) is 34.3 Å². The van der Waals surface area contributed by atoms with E-state index >= 15 is 0 Å². The van der Waals surface area contributed by atoms with Gasteiger partial charge in [-0.3, -0.25) is 4.90 Å². The van der Waals surface area contributed by atoms with Gasteiger partial charge < -0.3 is 18.8 Å². The van der Waals surface area contributed by atoms with Crippen LogP contribution in [0, 0.1) is 34.6 Å². The molecule has 3 aliphatic heterocycles. The van der Waals surface area contributed by atoms with Gasteiger partial charge in [0.1, 0.15) is 18.8 Å². The average molecular weight is 701 g/mol. The van der Waals surface area contributed by atoms with Gasteiger partial charge in [-0.25, -0.2) is 0 Å². The van der Waals surface area contributed by atoms with Crippen molar-refractivity contribution >= 4 is 68.4 Å². The number of anilines is 6. The Bertz CT molecular complexity index is 2470. The summed E-state index contributed by atoms with van der Waals surface area (Å²) in [7, 11) is 0. The number of ether oxygens (including phenoxy) is 2. The summed E-state index contributed by atoms with van der Waals surface area (Å²) in [5.74, 6) is 2.47. The van der Waals surface area contributed by atoms with Gasteiger partial charge in [0, 0.05) is 34.0 Å². The fourth-order valence-corrected chi connectivity index (χ4v) is 9.08. The van der Waals surface area contributed by atoms with Crippen molar-refractivity contribution in [2.75, 3.05) is 23.0 Å². The average Bonchev–Trinajstić information content (AvgIpc) is 3.47. The molecule has 0 saturated heterocycles. The van der Waals surface area contributed by atoms with Crippen molar-refractivity contribution in [3.8, 4) is 11.5 Å². The Morgan fingerprint density at radius 3 is 1.64 bits per heavy atom. The van der Waals surface area contributed by atoms with Gasteiger partial charge >= 0.3 is 0 Å². The van der Waals surface area contributed by atoms with Gasteiger partial charge in [-0.1, -0.05) is 84.0 Å². The maximum atomic E-state index is 7.04. The van der Waals surface area contributed by atoms with Gasteiger partial charge in [0.2, 0.25) is 5.88 Å². The molecule has 0 spiro atoms. The lowest BCUT2D eigenvalue weighted by Gasteiger charge is -2.44. The van der Waals surface area contributed by atoms with Crippen molar-refractivity contribution in [1.29, 1.82) is 0 Å². The Balaban J connectivity index is 1.41. The summed E-state index contributed by atoms with van der Waals surface area (Å²) >= 11 is 0. The molecule has 6 aromatic rings. The van der Waals surface area contributed by atoms with Crippen LogP contribution in [0.3, 0.4) is 0 Å². The van der Waals surface area contributed by atoms with Crippen molar-refractivity contribution in [2.24, 2.45) is 0 Å². The van der Waals surface area contributed by atoms with E-state index in [9.17, 15) is 0 Å². The second-order valence-corrected chi connectivity index (χ2v) is 17.6. The number of rotatable bonds is 2. The Kier molecular flexibility index (Phi) is 7.29. The molecule has 0 unspecified atom stereocenters. The quantitative estimate of drug-likeness (QED) is 0.168. The first-order valence-corrected chi connectivity index (χ1v) is 19.0. The minimum Gasteiger partial charge on any atom is -0.486 e. The van der Waals surface area contributed by atoms with Gasteiger partial charge in [0.15, 0.2) is 11.5 Å². The highest BCUT2D eigenvalue weighted by Crippen LogP contribution is 2.50. The number of nitrogens with zero attached hydrogens (tertiary/aromatic N) is 2. The molecule has 1 aromatic heterocycles. The van der Waals surface area contributed by atoms with E-state index in [1.165, 1.54) is 72.4 Å². The number of fused-ring (bicyclic) bond motifs is 7. The van der Waals surface area contributed by atoms with Gasteiger partial charge in [-0.05, 0) is 120 Å². The van der Waals surface area contributed by atoms with Crippen molar-refractivity contribution in [1.82, 2.24) is 0 Å². The first kappa shape index (κ1) is 33.7. The summed E-state index contributed by atoms with van der Waals surface area (Å²) in [5.41, 5.74) is 19.2. The van der Waals surface area contributed by atoms with Gasteiger partial charge in [0.25, 0.3) is 6.71 Å². The molecule has 9 rings (SSSR count). The number of para-hydroxylation sites is 1. The number of aryl methyl sites for hydroxylation is 5. The van der Waals surface area contributed by atoms with Crippen LogP contribution in [-0.2, 0) is 10.8 Å². The third-order valence-electron chi connectivity index (χ3n) is 11.6. The molecule has 0 radical (unpaired) electrons. The fourth-order valence-electron chi connectivity index (χ4n) is 9.08. The zero-order chi connectivity index (χ0) is 37.3. The zero-order valence-corrected chi connectivity index (χ0v) is 33.0. The topological polar surface area (TPSA) is 38.1 Å². The van der Waals surface area contributed by atoms with E-state index in [4.69, 9.17) is 13.9 Å². The SMILES string of the molecule is Cc1cc2c3c(c1)N(c1c(C)cc(C(C)(C)C)cc1C)c1oc4ccccc4c1B3c1cc3c(cc1N2c1c(C)cc(C(C)(C)C)cc1C)OCCO3. The predicted octanol–water partition coefficient (Wildman–Crippen LogP) is 10.4. The Morgan fingerprint density at radius 1 is 0.566 bits per heavy atom. The molecule has 0 amide bonds. The lowest BCUT2D eigenvalue weighted by molar-refractivity contribution is 0.172. The molecule has 0 atom stereocenters. The van der Waals surface area contributed by atoms with Crippen LogP contribution < -0.4 is 35.7 Å². The molecular formula is C47H49BN2O3. The van der Waals surface area contributed by atoms with E-state index < -0.39 is 0 Å². The van der Waals surface area contributed by atoms with Crippen molar-refractivity contribution < 1.29 is 13.9 Å². The number of hydrogen-bond donors (Lipinski definition) is 0. The van der Waals surface area contributed by atoms with Crippen molar-refractivity contribution in [3.63, 3.8) is 0 Å². The minimum atomic E-state index is -0.0958. The Morgan fingerprint density at radius 2 is 1.08 bits per heavy atom. The van der Waals surface area contributed by atoms with Crippen LogP contribution >= 0.6 is 0 Å². The maximum absolute atomic E-state index is 7.04. The number of furan rings is 1. The molecule has 0 saturated carbocycles. The molecule has 0 bridgehead atoms. The molecule has 5 aromatic carbocycles. The van der Waals surface area contributed by atoms with Crippen LogP contribution in [0.15, 0.2) is 77.2 Å². The third kappa shape index (κ3) is 5.05. The van der Waals surface area contributed by atoms with E-state index in [1.54, 1.807) is 0 Å². The smallest absolute Gasteiger partial charge is 0.257 e. The number of benzene rings is 5. The minimum absolute atomic E-state index is 0.0292. The molecule has 268 valence electrons. The lowest BCUT2D eigenvalue weighted by atomic mass is 9.33. The molecule has 6 heteroatoms. The molecule has 3 aliphatic rings. The van der Waals surface area contributed by atoms with Gasteiger partial charge in [-0.15, -0.1) is 0 Å². The summed E-state index contributed by atoms with van der Waals surface area (Å²) in [5, 5.41) is 1.13. The van der Waals surface area contributed by atoms with Crippen molar-refractivity contribution in [3.05, 3.63) is 112 Å². The number of hydrogen-bond acceptors (Lipinski definition) is 5. The maximum Gasteiger partial charge on any atom is 0.257 e. The highest BCUT2D eigenvalue weighted by molar-refractivity contribution is 7.01. The van der Waals surface area contributed by atoms with Crippen LogP contribution in [0.1, 0.15) is 80.5 Å². The molecular weight excluding hydrogens is 651 g/mol. The first-order valence-electron chi connectivity index (χ1n) is 19.0. The lowest BCUT2D eigenvalue weighted by Crippen LogP contribution is -2.61. The highest BCUT2D eigenvalue weighted by Gasteiger charge is 2.48. The van der Waals surface area contributed by atoms with Crippen LogP contribution in [0.5, 0.6) is 11.5 Å². The van der Waals surface area contributed by atoms with Gasteiger partial charge in [0.05, 0.1) is 11.4 Å². The fraction of sp³-hybridized carbons (Fsp3) is 0.319. The highest BCUT2D eigenvalue weighted by atomic mass is 16.6. The van der Waals surface area contributed by atoms with Gasteiger partial charge in [-0.2, -0.15) is 0 Å². The third-order valence-corrected chi connectivity index (χ3v) is 11.6. The van der Waals surface area contributed by atoms with Crippen LogP contribution in [0.25, 0.3) is 11.0 Å². The molecule has 53 heavy (non-hydrogen) atoms.